The molecule has 2 aromatic heterocycles. The van der Waals surface area contributed by atoms with Crippen molar-refractivity contribution in [2.45, 2.75) is 50.4 Å². The van der Waals surface area contributed by atoms with E-state index in [2.05, 4.69) is 21.5 Å². The second-order valence-electron chi connectivity index (χ2n) is 6.53. The molecule has 1 fully saturated rings. The van der Waals surface area contributed by atoms with Crippen LogP contribution in [0.2, 0.25) is 0 Å². The predicted molar refractivity (Wildman–Crippen MR) is 91.9 cm³/mol. The molecule has 10 nitrogen and oxygen atoms in total. The number of aromatic nitrogens is 4. The largest absolute Gasteiger partial charge is 0.394 e. The van der Waals surface area contributed by atoms with Crippen molar-refractivity contribution in [2.75, 3.05) is 12.3 Å². The summed E-state index contributed by atoms with van der Waals surface area (Å²) in [4.78, 5) is 12.8. The van der Waals surface area contributed by atoms with Gasteiger partial charge in [0.2, 0.25) is 0 Å². The van der Waals surface area contributed by atoms with Crippen molar-refractivity contribution in [2.24, 2.45) is 0 Å². The number of aliphatic hydroxyl groups excluding tert-OH is 4. The topological polar surface area (TPSA) is 160 Å². The van der Waals surface area contributed by atoms with Crippen molar-refractivity contribution in [1.29, 1.82) is 0 Å². The monoisotopic (exact) mass is 365 g/mol. The summed E-state index contributed by atoms with van der Waals surface area (Å²) >= 11 is 0. The number of hydrogen-bond acceptors (Lipinski definition) is 9. The molecule has 0 amide bonds. The lowest BCUT2D eigenvalue weighted by molar-refractivity contribution is -0.250. The van der Waals surface area contributed by atoms with Crippen molar-refractivity contribution in [1.82, 2.24) is 19.5 Å². The van der Waals surface area contributed by atoms with Crippen LogP contribution in [0.5, 0.6) is 0 Å². The van der Waals surface area contributed by atoms with Gasteiger partial charge in [0.1, 0.15) is 35.8 Å². The van der Waals surface area contributed by atoms with Gasteiger partial charge in [-0.25, -0.2) is 15.0 Å². The lowest BCUT2D eigenvalue weighted by Crippen LogP contribution is -2.56. The summed E-state index contributed by atoms with van der Waals surface area (Å²) in [6.45, 7) is 5.23. The fourth-order valence-corrected chi connectivity index (χ4v) is 2.92. The van der Waals surface area contributed by atoms with E-state index in [0.29, 0.717) is 29.8 Å². The fourth-order valence-electron chi connectivity index (χ4n) is 2.92. The van der Waals surface area contributed by atoms with E-state index in [9.17, 15) is 20.4 Å². The number of nitrogens with two attached hydrogens (primary N) is 1. The Morgan fingerprint density at radius 2 is 2.00 bits per heavy atom. The van der Waals surface area contributed by atoms with Crippen LogP contribution in [0.3, 0.4) is 0 Å². The molecule has 1 aliphatic heterocycles. The maximum Gasteiger partial charge on any atom is 0.167 e. The van der Waals surface area contributed by atoms with E-state index in [1.165, 1.54) is 10.9 Å². The fraction of sp³-hybridized carbons (Fsp3) is 0.562. The number of rotatable bonds is 5. The third-order valence-corrected chi connectivity index (χ3v) is 4.41. The highest BCUT2D eigenvalue weighted by atomic mass is 16.6. The number of nitrogens with zero attached hydrogens (tertiary/aromatic N) is 4. The number of fused-ring (bicyclic) bond motifs is 1. The van der Waals surface area contributed by atoms with Gasteiger partial charge in [-0.1, -0.05) is 5.57 Å². The molecule has 5 atom stereocenters. The summed E-state index contributed by atoms with van der Waals surface area (Å²) in [6.07, 6.45) is -3.91. The standard InChI is InChI=1S/C16H23N5O5/c1-7(2)3-4-9-19-14(17)10-15(20-9)21(6-18-10)16-13(25)12(24)11(23)8(5-22)26-16/h6,8,11-13,16,22-25H,1,3-5H2,2H3,(H2,17,19,20)/t8-,11-,12+,13-,16?/m1/s1. The first-order valence-electron chi connectivity index (χ1n) is 8.27. The van der Waals surface area contributed by atoms with Crippen LogP contribution in [0, 0.1) is 0 Å². The van der Waals surface area contributed by atoms with Gasteiger partial charge in [-0.05, 0) is 13.3 Å². The zero-order valence-corrected chi connectivity index (χ0v) is 14.4. The second-order valence-corrected chi connectivity index (χ2v) is 6.53. The Hall–Kier alpha value is -2.11. The van der Waals surface area contributed by atoms with Crippen LogP contribution >= 0.6 is 0 Å². The zero-order valence-electron chi connectivity index (χ0n) is 14.4. The van der Waals surface area contributed by atoms with Gasteiger partial charge < -0.3 is 30.9 Å². The molecule has 3 rings (SSSR count). The molecule has 1 saturated heterocycles. The molecule has 0 saturated carbocycles. The molecule has 0 radical (unpaired) electrons. The summed E-state index contributed by atoms with van der Waals surface area (Å²) in [6, 6.07) is 0. The molecular formula is C16H23N5O5. The highest BCUT2D eigenvalue weighted by Gasteiger charge is 2.44. The van der Waals surface area contributed by atoms with Crippen LogP contribution < -0.4 is 5.73 Å². The van der Waals surface area contributed by atoms with Crippen LogP contribution in [0.15, 0.2) is 18.5 Å². The normalized spacial score (nSPS) is 29.2. The van der Waals surface area contributed by atoms with E-state index in [1.807, 2.05) is 6.92 Å². The lowest BCUT2D eigenvalue weighted by Gasteiger charge is -2.40. The second kappa shape index (κ2) is 7.25. The molecule has 2 aromatic rings. The SMILES string of the molecule is C=C(C)CCc1nc(N)c2ncn(C3O[C@H](CO)[C@@H](O)[C@H](O)[C@H]3O)c2n1. The van der Waals surface area contributed by atoms with E-state index in [4.69, 9.17) is 10.5 Å². The summed E-state index contributed by atoms with van der Waals surface area (Å²) < 4.78 is 6.98. The Morgan fingerprint density at radius 1 is 1.27 bits per heavy atom. The molecule has 1 aliphatic rings. The van der Waals surface area contributed by atoms with Crippen LogP contribution in [-0.4, -0.2) is 71.0 Å². The Morgan fingerprint density at radius 3 is 2.65 bits per heavy atom. The molecule has 0 bridgehead atoms. The van der Waals surface area contributed by atoms with Crippen LogP contribution in [0.25, 0.3) is 11.2 Å². The minimum absolute atomic E-state index is 0.190. The minimum atomic E-state index is -1.49. The average molecular weight is 365 g/mol. The number of nitrogen functional groups attached to an aromatic ring is 1. The molecule has 3 heterocycles. The van der Waals surface area contributed by atoms with Crippen LogP contribution in [0.1, 0.15) is 25.4 Å². The van der Waals surface area contributed by atoms with Gasteiger partial charge >= 0.3 is 0 Å². The Balaban J connectivity index is 2.00. The number of hydrogen-bond donors (Lipinski definition) is 5. The molecule has 10 heteroatoms. The number of imidazole rings is 1. The number of aliphatic hydroxyl groups is 4. The van der Waals surface area contributed by atoms with Crippen molar-refractivity contribution in [3.8, 4) is 0 Å². The molecule has 142 valence electrons. The van der Waals surface area contributed by atoms with E-state index < -0.39 is 37.3 Å². The third kappa shape index (κ3) is 3.29. The smallest absolute Gasteiger partial charge is 0.167 e. The quantitative estimate of drug-likeness (QED) is 0.414. The van der Waals surface area contributed by atoms with E-state index in [-0.39, 0.29) is 5.82 Å². The minimum Gasteiger partial charge on any atom is -0.394 e. The van der Waals surface area contributed by atoms with Gasteiger partial charge in [-0.15, -0.1) is 6.58 Å². The van der Waals surface area contributed by atoms with E-state index >= 15 is 0 Å². The molecule has 0 spiro atoms. The lowest BCUT2D eigenvalue weighted by atomic mass is 9.98. The van der Waals surface area contributed by atoms with Gasteiger partial charge in [-0.2, -0.15) is 0 Å². The van der Waals surface area contributed by atoms with Gasteiger partial charge in [0, 0.05) is 6.42 Å². The number of ether oxygens (including phenoxy) is 1. The average Bonchev–Trinajstić information content (AvgIpc) is 3.02. The van der Waals surface area contributed by atoms with Gasteiger partial charge in [0.25, 0.3) is 0 Å². The molecule has 26 heavy (non-hydrogen) atoms. The van der Waals surface area contributed by atoms with E-state index in [0.717, 1.165) is 5.57 Å². The first-order valence-corrected chi connectivity index (χ1v) is 8.27. The number of anilines is 1. The van der Waals surface area contributed by atoms with E-state index in [1.54, 1.807) is 0 Å². The zero-order chi connectivity index (χ0) is 19.0. The summed E-state index contributed by atoms with van der Waals surface area (Å²) in [5.74, 6) is 0.680. The van der Waals surface area contributed by atoms with Crippen LogP contribution in [-0.2, 0) is 11.2 Å². The van der Waals surface area contributed by atoms with Crippen molar-refractivity contribution in [3.05, 3.63) is 24.3 Å². The van der Waals surface area contributed by atoms with Gasteiger partial charge in [0.15, 0.2) is 17.7 Å². The number of allylic oxidation sites excluding steroid dienone is 1. The Labute approximate surface area is 149 Å². The Bertz CT molecular complexity index is 808. The molecular weight excluding hydrogens is 342 g/mol. The van der Waals surface area contributed by atoms with Gasteiger partial charge in [-0.3, -0.25) is 4.57 Å². The van der Waals surface area contributed by atoms with Gasteiger partial charge in [0.05, 0.1) is 12.9 Å². The highest BCUT2D eigenvalue weighted by molar-refractivity contribution is 5.81. The molecule has 6 N–H and O–H groups in total. The summed E-state index contributed by atoms with van der Waals surface area (Å²) in [5.41, 5.74) is 7.61. The first-order chi connectivity index (χ1) is 12.3. The molecule has 1 unspecified atom stereocenters. The number of aryl methyl sites for hydroxylation is 1. The van der Waals surface area contributed by atoms with Crippen LogP contribution in [0.4, 0.5) is 5.82 Å². The summed E-state index contributed by atoms with van der Waals surface area (Å²) in [5, 5.41) is 39.6. The third-order valence-electron chi connectivity index (χ3n) is 4.41. The Kier molecular flexibility index (Phi) is 5.21. The van der Waals surface area contributed by atoms with Crippen molar-refractivity contribution < 1.29 is 25.2 Å². The molecule has 0 aliphatic carbocycles. The van der Waals surface area contributed by atoms with Crippen molar-refractivity contribution >= 4 is 17.0 Å². The summed E-state index contributed by atoms with van der Waals surface area (Å²) in [7, 11) is 0. The predicted octanol–water partition coefficient (Wildman–Crippen LogP) is -1.11. The van der Waals surface area contributed by atoms with Crippen molar-refractivity contribution in [3.63, 3.8) is 0 Å². The first kappa shape index (κ1) is 18.7. The maximum absolute atomic E-state index is 10.3. The highest BCUT2D eigenvalue weighted by Crippen LogP contribution is 2.31. The molecule has 0 aromatic carbocycles. The maximum atomic E-state index is 10.3.